The van der Waals surface area contributed by atoms with Gasteiger partial charge in [-0.15, -0.1) is 0 Å². The third-order valence-electron chi connectivity index (χ3n) is 2.64. The maximum absolute atomic E-state index is 5.77. The molecule has 1 atom stereocenters. The Morgan fingerprint density at radius 3 is 2.81 bits per heavy atom. The number of nitrogens with one attached hydrogen (secondary N) is 1. The van der Waals surface area contributed by atoms with Crippen molar-refractivity contribution in [3.63, 3.8) is 0 Å². The van der Waals surface area contributed by atoms with Gasteiger partial charge >= 0.3 is 0 Å². The van der Waals surface area contributed by atoms with Gasteiger partial charge in [-0.05, 0) is 24.6 Å². The van der Waals surface area contributed by atoms with Crippen molar-refractivity contribution >= 4 is 21.6 Å². The third kappa shape index (κ3) is 4.99. The summed E-state index contributed by atoms with van der Waals surface area (Å²) < 4.78 is 1.10. The van der Waals surface area contributed by atoms with Crippen LogP contribution in [0.25, 0.3) is 0 Å². The molecule has 0 aliphatic heterocycles. The highest BCUT2D eigenvalue weighted by molar-refractivity contribution is 9.10. The van der Waals surface area contributed by atoms with E-state index in [1.54, 1.807) is 0 Å². The van der Waals surface area contributed by atoms with E-state index in [1.807, 2.05) is 12.1 Å². The van der Waals surface area contributed by atoms with Crippen LogP contribution < -0.4 is 11.1 Å². The largest absolute Gasteiger partial charge is 0.381 e. The SMILES string of the molecule is CCCCCC(CN)Nc1cccc(Br)c1. The molecule has 16 heavy (non-hydrogen) atoms. The second-order valence-corrected chi connectivity index (χ2v) is 5.00. The molecule has 0 bridgehead atoms. The molecule has 3 N–H and O–H groups in total. The van der Waals surface area contributed by atoms with E-state index in [9.17, 15) is 0 Å². The van der Waals surface area contributed by atoms with Gasteiger partial charge in [-0.25, -0.2) is 0 Å². The van der Waals surface area contributed by atoms with E-state index >= 15 is 0 Å². The van der Waals surface area contributed by atoms with Gasteiger partial charge in [-0.2, -0.15) is 0 Å². The Labute approximate surface area is 107 Å². The van der Waals surface area contributed by atoms with Crippen LogP contribution in [0.3, 0.4) is 0 Å². The Bertz CT molecular complexity index is 302. The summed E-state index contributed by atoms with van der Waals surface area (Å²) in [4.78, 5) is 0. The zero-order chi connectivity index (χ0) is 11.8. The summed E-state index contributed by atoms with van der Waals surface area (Å²) in [6.45, 7) is 2.91. The van der Waals surface area contributed by atoms with Crippen molar-refractivity contribution in [2.75, 3.05) is 11.9 Å². The van der Waals surface area contributed by atoms with Crippen molar-refractivity contribution in [2.24, 2.45) is 5.73 Å². The number of nitrogens with two attached hydrogens (primary N) is 1. The highest BCUT2D eigenvalue weighted by Gasteiger charge is 2.05. The van der Waals surface area contributed by atoms with Crippen molar-refractivity contribution in [2.45, 2.75) is 38.6 Å². The van der Waals surface area contributed by atoms with Gasteiger partial charge in [0.05, 0.1) is 0 Å². The third-order valence-corrected chi connectivity index (χ3v) is 3.13. The first kappa shape index (κ1) is 13.5. The van der Waals surface area contributed by atoms with Crippen LogP contribution in [0.2, 0.25) is 0 Å². The molecule has 90 valence electrons. The Morgan fingerprint density at radius 2 is 2.19 bits per heavy atom. The van der Waals surface area contributed by atoms with Gasteiger partial charge in [-0.3, -0.25) is 0 Å². The Hall–Kier alpha value is -0.540. The molecule has 1 rings (SSSR count). The van der Waals surface area contributed by atoms with Gasteiger partial charge < -0.3 is 11.1 Å². The monoisotopic (exact) mass is 284 g/mol. The quantitative estimate of drug-likeness (QED) is 0.748. The molecule has 0 saturated carbocycles. The van der Waals surface area contributed by atoms with E-state index in [4.69, 9.17) is 5.73 Å². The number of rotatable bonds is 7. The topological polar surface area (TPSA) is 38.0 Å². The van der Waals surface area contributed by atoms with Gasteiger partial charge in [-0.1, -0.05) is 48.2 Å². The summed E-state index contributed by atoms with van der Waals surface area (Å²) in [6, 6.07) is 8.61. The Kier molecular flexibility index (Phi) is 6.50. The molecule has 0 aromatic heterocycles. The smallest absolute Gasteiger partial charge is 0.0383 e. The fraction of sp³-hybridized carbons (Fsp3) is 0.538. The standard InChI is InChI=1S/C13H21BrN2/c1-2-3-4-7-13(10-15)16-12-8-5-6-11(14)9-12/h5-6,8-9,13,16H,2-4,7,10,15H2,1H3. The maximum Gasteiger partial charge on any atom is 0.0383 e. The van der Waals surface area contributed by atoms with Gasteiger partial charge in [0, 0.05) is 22.7 Å². The first-order chi connectivity index (χ1) is 7.76. The molecule has 0 saturated heterocycles. The lowest BCUT2D eigenvalue weighted by atomic mass is 10.1. The lowest BCUT2D eigenvalue weighted by molar-refractivity contribution is 0.591. The summed E-state index contributed by atoms with van der Waals surface area (Å²) in [5.41, 5.74) is 6.91. The van der Waals surface area contributed by atoms with Crippen LogP contribution in [0.5, 0.6) is 0 Å². The molecule has 2 nitrogen and oxygen atoms in total. The van der Waals surface area contributed by atoms with Crippen LogP contribution in [-0.2, 0) is 0 Å². The summed E-state index contributed by atoms with van der Waals surface area (Å²) >= 11 is 3.47. The number of hydrogen-bond donors (Lipinski definition) is 2. The normalized spacial score (nSPS) is 12.4. The lowest BCUT2D eigenvalue weighted by Gasteiger charge is -2.18. The van der Waals surface area contributed by atoms with Crippen molar-refractivity contribution in [1.82, 2.24) is 0 Å². The highest BCUT2D eigenvalue weighted by atomic mass is 79.9. The van der Waals surface area contributed by atoms with E-state index in [2.05, 4.69) is 40.3 Å². The van der Waals surface area contributed by atoms with E-state index < -0.39 is 0 Å². The zero-order valence-corrected chi connectivity index (χ0v) is 11.5. The van der Waals surface area contributed by atoms with Crippen molar-refractivity contribution in [1.29, 1.82) is 0 Å². The fourth-order valence-corrected chi connectivity index (χ4v) is 2.10. The number of halogens is 1. The number of hydrogen-bond acceptors (Lipinski definition) is 2. The van der Waals surface area contributed by atoms with E-state index in [0.29, 0.717) is 12.6 Å². The van der Waals surface area contributed by atoms with Crippen LogP contribution in [0, 0.1) is 0 Å². The first-order valence-electron chi connectivity index (χ1n) is 5.98. The molecular formula is C13H21BrN2. The molecule has 0 aliphatic carbocycles. The van der Waals surface area contributed by atoms with Gasteiger partial charge in [0.25, 0.3) is 0 Å². The number of anilines is 1. The van der Waals surface area contributed by atoms with Crippen molar-refractivity contribution in [3.8, 4) is 0 Å². The average Bonchev–Trinajstić information content (AvgIpc) is 2.28. The Morgan fingerprint density at radius 1 is 1.38 bits per heavy atom. The second-order valence-electron chi connectivity index (χ2n) is 4.08. The molecule has 3 heteroatoms. The minimum atomic E-state index is 0.390. The summed E-state index contributed by atoms with van der Waals surface area (Å²) in [6.07, 6.45) is 4.95. The molecule has 0 aliphatic rings. The molecule has 1 aromatic rings. The molecule has 1 unspecified atom stereocenters. The van der Waals surface area contributed by atoms with Gasteiger partial charge in [0.2, 0.25) is 0 Å². The van der Waals surface area contributed by atoms with Crippen LogP contribution in [0.15, 0.2) is 28.7 Å². The van der Waals surface area contributed by atoms with Crippen LogP contribution >= 0.6 is 15.9 Å². The van der Waals surface area contributed by atoms with Crippen molar-refractivity contribution < 1.29 is 0 Å². The summed E-state index contributed by atoms with van der Waals surface area (Å²) in [5, 5.41) is 3.47. The number of benzene rings is 1. The molecule has 0 radical (unpaired) electrons. The van der Waals surface area contributed by atoms with Gasteiger partial charge in [0.1, 0.15) is 0 Å². The second kappa shape index (κ2) is 7.69. The molecule has 0 amide bonds. The molecule has 0 heterocycles. The van der Waals surface area contributed by atoms with Gasteiger partial charge in [0.15, 0.2) is 0 Å². The predicted octanol–water partition coefficient (Wildman–Crippen LogP) is 3.77. The fourth-order valence-electron chi connectivity index (χ4n) is 1.70. The van der Waals surface area contributed by atoms with Crippen LogP contribution in [0.4, 0.5) is 5.69 Å². The van der Waals surface area contributed by atoms with E-state index in [-0.39, 0.29) is 0 Å². The highest BCUT2D eigenvalue weighted by Crippen LogP contribution is 2.17. The Balaban J connectivity index is 2.43. The summed E-state index contributed by atoms with van der Waals surface area (Å²) in [7, 11) is 0. The average molecular weight is 285 g/mol. The minimum absolute atomic E-state index is 0.390. The lowest BCUT2D eigenvalue weighted by Crippen LogP contribution is -2.28. The summed E-state index contributed by atoms with van der Waals surface area (Å²) in [5.74, 6) is 0. The number of unbranched alkanes of at least 4 members (excludes halogenated alkanes) is 2. The first-order valence-corrected chi connectivity index (χ1v) is 6.77. The maximum atomic E-state index is 5.77. The molecule has 0 spiro atoms. The van der Waals surface area contributed by atoms with Crippen molar-refractivity contribution in [3.05, 3.63) is 28.7 Å². The molecular weight excluding hydrogens is 264 g/mol. The van der Waals surface area contributed by atoms with Crippen LogP contribution in [-0.4, -0.2) is 12.6 Å². The predicted molar refractivity (Wildman–Crippen MR) is 74.7 cm³/mol. The van der Waals surface area contributed by atoms with Crippen LogP contribution in [0.1, 0.15) is 32.6 Å². The van der Waals surface area contributed by atoms with E-state index in [1.165, 1.54) is 19.3 Å². The zero-order valence-electron chi connectivity index (χ0n) is 9.88. The van der Waals surface area contributed by atoms with E-state index in [0.717, 1.165) is 16.6 Å². The molecule has 1 aromatic carbocycles. The minimum Gasteiger partial charge on any atom is -0.381 e. The molecule has 0 fully saturated rings.